The predicted molar refractivity (Wildman–Crippen MR) is 142 cm³/mol. The van der Waals surface area contributed by atoms with E-state index in [0.29, 0.717) is 50.6 Å². The van der Waals surface area contributed by atoms with Crippen molar-refractivity contribution in [2.75, 3.05) is 38.2 Å². The summed E-state index contributed by atoms with van der Waals surface area (Å²) in [5.41, 5.74) is 2.96. The van der Waals surface area contributed by atoms with Crippen LogP contribution in [0.25, 0.3) is 0 Å². The van der Waals surface area contributed by atoms with Crippen molar-refractivity contribution in [2.24, 2.45) is 5.41 Å². The van der Waals surface area contributed by atoms with Crippen LogP contribution in [0.15, 0.2) is 42.5 Å². The van der Waals surface area contributed by atoms with Gasteiger partial charge in [0.25, 0.3) is 5.91 Å². The minimum atomic E-state index is -0.606. The lowest BCUT2D eigenvalue weighted by Gasteiger charge is -2.27. The molecule has 7 nitrogen and oxygen atoms in total. The molecule has 1 aliphatic rings. The summed E-state index contributed by atoms with van der Waals surface area (Å²) in [6.45, 7) is 10.7. The SMILES string of the molecule is Cc1ccc(C)c(OCCCC(C)(C)C(=O)NC(=S)Nc2ccc(C(=O)N3CCOCC3)cc2)c1. The van der Waals surface area contributed by atoms with Crippen molar-refractivity contribution in [3.63, 3.8) is 0 Å². The lowest BCUT2D eigenvalue weighted by atomic mass is 9.87. The normalized spacial score (nSPS) is 13.8. The summed E-state index contributed by atoms with van der Waals surface area (Å²) < 4.78 is 11.2. The quantitative estimate of drug-likeness (QED) is 0.414. The first-order chi connectivity index (χ1) is 16.7. The Labute approximate surface area is 213 Å². The maximum absolute atomic E-state index is 12.8. The van der Waals surface area contributed by atoms with E-state index in [9.17, 15) is 9.59 Å². The monoisotopic (exact) mass is 497 g/mol. The number of anilines is 1. The van der Waals surface area contributed by atoms with Gasteiger partial charge in [-0.1, -0.05) is 26.0 Å². The molecule has 188 valence electrons. The van der Waals surface area contributed by atoms with Gasteiger partial charge in [0, 0.05) is 29.8 Å². The van der Waals surface area contributed by atoms with Crippen molar-refractivity contribution < 1.29 is 19.1 Å². The van der Waals surface area contributed by atoms with Crippen LogP contribution in [0.2, 0.25) is 0 Å². The van der Waals surface area contributed by atoms with E-state index in [1.807, 2.05) is 39.8 Å². The van der Waals surface area contributed by atoms with Gasteiger partial charge in [0.1, 0.15) is 5.75 Å². The molecule has 1 saturated heterocycles. The number of thiocarbonyl (C=S) groups is 1. The maximum atomic E-state index is 12.8. The Morgan fingerprint density at radius 2 is 1.77 bits per heavy atom. The summed E-state index contributed by atoms with van der Waals surface area (Å²) in [7, 11) is 0. The smallest absolute Gasteiger partial charge is 0.254 e. The first-order valence-corrected chi connectivity index (χ1v) is 12.4. The van der Waals surface area contributed by atoms with Gasteiger partial charge in [0.15, 0.2) is 5.11 Å². The molecule has 2 aromatic carbocycles. The number of benzene rings is 2. The molecule has 0 radical (unpaired) electrons. The average Bonchev–Trinajstić information content (AvgIpc) is 2.84. The van der Waals surface area contributed by atoms with Crippen LogP contribution in [0.3, 0.4) is 0 Å². The summed E-state index contributed by atoms with van der Waals surface area (Å²) in [6, 6.07) is 13.2. The van der Waals surface area contributed by atoms with E-state index in [1.54, 1.807) is 29.2 Å². The van der Waals surface area contributed by atoms with Crippen molar-refractivity contribution in [1.82, 2.24) is 10.2 Å². The molecule has 0 spiro atoms. The molecule has 0 aliphatic carbocycles. The van der Waals surface area contributed by atoms with Gasteiger partial charge in [0.05, 0.1) is 19.8 Å². The van der Waals surface area contributed by atoms with E-state index in [0.717, 1.165) is 23.3 Å². The molecule has 0 unspecified atom stereocenters. The molecule has 8 heteroatoms. The number of nitrogens with one attached hydrogen (secondary N) is 2. The largest absolute Gasteiger partial charge is 0.493 e. The molecule has 2 N–H and O–H groups in total. The molecule has 3 rings (SSSR count). The lowest BCUT2D eigenvalue weighted by molar-refractivity contribution is -0.128. The van der Waals surface area contributed by atoms with Crippen LogP contribution in [0.1, 0.15) is 48.2 Å². The molecule has 2 amide bonds. The van der Waals surface area contributed by atoms with E-state index in [1.165, 1.54) is 0 Å². The van der Waals surface area contributed by atoms with E-state index in [2.05, 4.69) is 16.7 Å². The number of rotatable bonds is 8. The first-order valence-electron chi connectivity index (χ1n) is 12.0. The molecule has 2 aromatic rings. The fourth-order valence-electron chi connectivity index (χ4n) is 3.75. The van der Waals surface area contributed by atoms with Crippen molar-refractivity contribution >= 4 is 34.8 Å². The molecule has 0 aromatic heterocycles. The number of aryl methyl sites for hydroxylation is 2. The van der Waals surface area contributed by atoms with Crippen LogP contribution in [0.4, 0.5) is 5.69 Å². The Hall–Kier alpha value is -2.97. The number of amides is 2. The van der Waals surface area contributed by atoms with Gasteiger partial charge in [-0.3, -0.25) is 9.59 Å². The molecule has 1 aliphatic heterocycles. The van der Waals surface area contributed by atoms with Crippen LogP contribution in [0, 0.1) is 19.3 Å². The zero-order chi connectivity index (χ0) is 25.4. The van der Waals surface area contributed by atoms with Crippen LogP contribution in [0.5, 0.6) is 5.75 Å². The Morgan fingerprint density at radius 3 is 2.46 bits per heavy atom. The number of carbonyl (C=O) groups is 2. The third kappa shape index (κ3) is 7.77. The highest BCUT2D eigenvalue weighted by Crippen LogP contribution is 2.24. The number of morpholine rings is 1. The van der Waals surface area contributed by atoms with E-state index >= 15 is 0 Å². The fourth-order valence-corrected chi connectivity index (χ4v) is 3.96. The van der Waals surface area contributed by atoms with Gasteiger partial charge in [0.2, 0.25) is 5.91 Å². The highest BCUT2D eigenvalue weighted by atomic mass is 32.1. The van der Waals surface area contributed by atoms with Crippen molar-refractivity contribution in [2.45, 2.75) is 40.5 Å². The molecule has 0 bridgehead atoms. The zero-order valence-electron chi connectivity index (χ0n) is 21.0. The van der Waals surface area contributed by atoms with E-state index in [-0.39, 0.29) is 16.9 Å². The number of ether oxygens (including phenoxy) is 2. The second-order valence-corrected chi connectivity index (χ2v) is 9.90. The Balaban J connectivity index is 1.44. The fraction of sp³-hybridized carbons (Fsp3) is 0.444. The number of carbonyl (C=O) groups excluding carboxylic acids is 2. The third-order valence-corrected chi connectivity index (χ3v) is 6.28. The molecular formula is C27H35N3O4S. The van der Waals surface area contributed by atoms with Crippen molar-refractivity contribution in [1.29, 1.82) is 0 Å². The summed E-state index contributed by atoms with van der Waals surface area (Å²) in [5.74, 6) is 0.718. The Morgan fingerprint density at radius 1 is 1.09 bits per heavy atom. The third-order valence-electron chi connectivity index (χ3n) is 6.08. The van der Waals surface area contributed by atoms with Gasteiger partial charge in [-0.05, 0) is 80.4 Å². The molecule has 1 fully saturated rings. The summed E-state index contributed by atoms with van der Waals surface area (Å²) >= 11 is 5.34. The predicted octanol–water partition coefficient (Wildman–Crippen LogP) is 4.47. The van der Waals surface area contributed by atoms with Crippen molar-refractivity contribution in [3.8, 4) is 5.75 Å². The van der Waals surface area contributed by atoms with Crippen LogP contribution in [-0.4, -0.2) is 54.7 Å². The van der Waals surface area contributed by atoms with Gasteiger partial charge in [-0.15, -0.1) is 0 Å². The number of hydrogen-bond acceptors (Lipinski definition) is 5. The lowest BCUT2D eigenvalue weighted by Crippen LogP contribution is -2.42. The second kappa shape index (κ2) is 12.1. The molecular weight excluding hydrogens is 462 g/mol. The number of nitrogens with zero attached hydrogens (tertiary/aromatic N) is 1. The highest BCUT2D eigenvalue weighted by molar-refractivity contribution is 7.80. The molecule has 0 saturated carbocycles. The van der Waals surface area contributed by atoms with Gasteiger partial charge in [-0.25, -0.2) is 0 Å². The Kier molecular flexibility index (Phi) is 9.23. The highest BCUT2D eigenvalue weighted by Gasteiger charge is 2.28. The van der Waals surface area contributed by atoms with Crippen LogP contribution < -0.4 is 15.4 Å². The summed E-state index contributed by atoms with van der Waals surface area (Å²) in [6.07, 6.45) is 1.40. The van der Waals surface area contributed by atoms with Crippen molar-refractivity contribution in [3.05, 3.63) is 59.2 Å². The topological polar surface area (TPSA) is 79.9 Å². The van der Waals surface area contributed by atoms with Crippen LogP contribution in [-0.2, 0) is 9.53 Å². The maximum Gasteiger partial charge on any atom is 0.254 e. The Bertz CT molecular complexity index is 1050. The minimum Gasteiger partial charge on any atom is -0.493 e. The number of hydrogen-bond donors (Lipinski definition) is 2. The first kappa shape index (κ1) is 26.6. The van der Waals surface area contributed by atoms with Gasteiger partial charge in [-0.2, -0.15) is 0 Å². The zero-order valence-corrected chi connectivity index (χ0v) is 21.8. The standard InChI is InChI=1S/C27H35N3O4S/c1-19-6-7-20(2)23(18-19)34-15-5-12-27(3,4)25(32)29-26(35)28-22-10-8-21(9-11-22)24(31)30-13-16-33-17-14-30/h6-11,18H,5,12-17H2,1-4H3,(H2,28,29,32,35). The second-order valence-electron chi connectivity index (χ2n) is 9.50. The van der Waals surface area contributed by atoms with Crippen LogP contribution >= 0.6 is 12.2 Å². The summed E-state index contributed by atoms with van der Waals surface area (Å²) in [5, 5.41) is 6.03. The summed E-state index contributed by atoms with van der Waals surface area (Å²) in [4.78, 5) is 27.2. The van der Waals surface area contributed by atoms with E-state index in [4.69, 9.17) is 21.7 Å². The molecule has 35 heavy (non-hydrogen) atoms. The van der Waals surface area contributed by atoms with Gasteiger partial charge < -0.3 is 25.0 Å². The molecule has 1 heterocycles. The van der Waals surface area contributed by atoms with E-state index < -0.39 is 5.41 Å². The molecule has 0 atom stereocenters. The minimum absolute atomic E-state index is 0.0148. The van der Waals surface area contributed by atoms with Gasteiger partial charge >= 0.3 is 0 Å². The average molecular weight is 498 g/mol.